The standard InChI is InChI=1S/C20H24N6O2/c1-12(2)25-14(4)19(13(3)23-25)22-20(28)17-11-18(21-15(5)27)26(24-17)16-9-7-6-8-10-16/h6-12H,1-5H3,(H,21,27)(H,22,28). The molecule has 0 aliphatic rings. The van der Waals surface area contributed by atoms with Gasteiger partial charge >= 0.3 is 0 Å². The second kappa shape index (κ2) is 7.67. The van der Waals surface area contributed by atoms with Crippen molar-refractivity contribution in [1.29, 1.82) is 0 Å². The van der Waals surface area contributed by atoms with Gasteiger partial charge in [-0.25, -0.2) is 4.68 Å². The van der Waals surface area contributed by atoms with E-state index in [9.17, 15) is 9.59 Å². The van der Waals surface area contributed by atoms with Crippen LogP contribution in [0, 0.1) is 13.8 Å². The first-order valence-electron chi connectivity index (χ1n) is 9.08. The SMILES string of the molecule is CC(=O)Nc1cc(C(=O)Nc2c(C)nn(C(C)C)c2C)nn1-c1ccccc1. The van der Waals surface area contributed by atoms with Crippen LogP contribution in [0.1, 0.15) is 48.7 Å². The molecule has 0 aliphatic carbocycles. The molecular formula is C20H24N6O2. The number of carbonyl (C=O) groups excluding carboxylic acids is 2. The van der Waals surface area contributed by atoms with Crippen LogP contribution in [0.15, 0.2) is 36.4 Å². The minimum Gasteiger partial charge on any atom is -0.317 e. The van der Waals surface area contributed by atoms with Crippen LogP contribution >= 0.6 is 0 Å². The fraction of sp³-hybridized carbons (Fsp3) is 0.300. The van der Waals surface area contributed by atoms with E-state index in [0.717, 1.165) is 17.1 Å². The molecule has 8 heteroatoms. The Hall–Kier alpha value is -3.42. The Balaban J connectivity index is 1.95. The van der Waals surface area contributed by atoms with Gasteiger partial charge in [0.25, 0.3) is 5.91 Å². The molecule has 2 amide bonds. The zero-order chi connectivity index (χ0) is 20.4. The highest BCUT2D eigenvalue weighted by molar-refractivity contribution is 6.04. The number of hydrogen-bond donors (Lipinski definition) is 2. The first kappa shape index (κ1) is 19.3. The maximum absolute atomic E-state index is 12.8. The third-order valence-corrected chi connectivity index (χ3v) is 4.30. The maximum Gasteiger partial charge on any atom is 0.276 e. The van der Waals surface area contributed by atoms with E-state index in [4.69, 9.17) is 0 Å². The van der Waals surface area contributed by atoms with Gasteiger partial charge in [0.15, 0.2) is 5.69 Å². The van der Waals surface area contributed by atoms with E-state index in [1.54, 1.807) is 6.07 Å². The van der Waals surface area contributed by atoms with Crippen molar-refractivity contribution < 1.29 is 9.59 Å². The molecule has 0 aliphatic heterocycles. The fourth-order valence-corrected chi connectivity index (χ4v) is 3.05. The van der Waals surface area contributed by atoms with Crippen molar-refractivity contribution in [2.75, 3.05) is 10.6 Å². The van der Waals surface area contributed by atoms with Gasteiger partial charge in [-0.2, -0.15) is 10.2 Å². The minimum absolute atomic E-state index is 0.188. The molecular weight excluding hydrogens is 356 g/mol. The Kier molecular flexibility index (Phi) is 5.30. The molecule has 0 spiro atoms. The summed E-state index contributed by atoms with van der Waals surface area (Å²) in [6.07, 6.45) is 0. The molecule has 2 heterocycles. The summed E-state index contributed by atoms with van der Waals surface area (Å²) in [5.74, 6) is -0.181. The molecule has 8 nitrogen and oxygen atoms in total. The van der Waals surface area contributed by atoms with Gasteiger partial charge in [-0.1, -0.05) is 18.2 Å². The lowest BCUT2D eigenvalue weighted by atomic mass is 10.3. The van der Waals surface area contributed by atoms with Crippen LogP contribution in [-0.4, -0.2) is 31.4 Å². The number of rotatable bonds is 5. The predicted octanol–water partition coefficient (Wildman–Crippen LogP) is 3.48. The zero-order valence-electron chi connectivity index (χ0n) is 16.6. The molecule has 28 heavy (non-hydrogen) atoms. The molecule has 0 atom stereocenters. The second-order valence-electron chi connectivity index (χ2n) is 6.88. The fourth-order valence-electron chi connectivity index (χ4n) is 3.05. The highest BCUT2D eigenvalue weighted by Gasteiger charge is 2.20. The van der Waals surface area contributed by atoms with E-state index in [2.05, 4.69) is 20.8 Å². The number of benzene rings is 1. The number of amides is 2. The lowest BCUT2D eigenvalue weighted by molar-refractivity contribution is -0.114. The number of nitrogens with zero attached hydrogens (tertiary/aromatic N) is 4. The summed E-state index contributed by atoms with van der Waals surface area (Å²) in [5, 5.41) is 14.5. The molecule has 0 saturated carbocycles. The number of carbonyl (C=O) groups is 2. The first-order valence-corrected chi connectivity index (χ1v) is 9.08. The number of hydrogen-bond acceptors (Lipinski definition) is 4. The summed E-state index contributed by atoms with van der Waals surface area (Å²) < 4.78 is 3.41. The number of aromatic nitrogens is 4. The van der Waals surface area contributed by atoms with E-state index in [0.29, 0.717) is 11.5 Å². The van der Waals surface area contributed by atoms with Gasteiger partial charge in [-0.3, -0.25) is 14.3 Å². The molecule has 0 fully saturated rings. The number of nitrogens with one attached hydrogen (secondary N) is 2. The number of para-hydroxylation sites is 1. The summed E-state index contributed by atoms with van der Waals surface area (Å²) in [4.78, 5) is 24.4. The molecule has 146 valence electrons. The van der Waals surface area contributed by atoms with Gasteiger partial charge in [0.05, 0.1) is 22.8 Å². The summed E-state index contributed by atoms with van der Waals surface area (Å²) in [7, 11) is 0. The quantitative estimate of drug-likeness (QED) is 0.709. The van der Waals surface area contributed by atoms with Crippen LogP contribution in [0.2, 0.25) is 0 Å². The van der Waals surface area contributed by atoms with Crippen molar-refractivity contribution in [2.24, 2.45) is 0 Å². The Labute approximate surface area is 163 Å². The third kappa shape index (κ3) is 3.80. The Morgan fingerprint density at radius 3 is 2.29 bits per heavy atom. The van der Waals surface area contributed by atoms with E-state index in [1.165, 1.54) is 11.6 Å². The summed E-state index contributed by atoms with van der Waals surface area (Å²) in [5.41, 5.74) is 3.23. The molecule has 2 aromatic heterocycles. The van der Waals surface area contributed by atoms with Gasteiger partial charge in [0, 0.05) is 19.0 Å². The molecule has 0 radical (unpaired) electrons. The van der Waals surface area contributed by atoms with Gasteiger partial charge in [-0.05, 0) is 39.8 Å². The molecule has 1 aromatic carbocycles. The number of anilines is 2. The van der Waals surface area contributed by atoms with Crippen molar-refractivity contribution in [3.8, 4) is 5.69 Å². The van der Waals surface area contributed by atoms with Crippen molar-refractivity contribution in [3.05, 3.63) is 53.5 Å². The topological polar surface area (TPSA) is 93.8 Å². The Morgan fingerprint density at radius 1 is 1.04 bits per heavy atom. The summed E-state index contributed by atoms with van der Waals surface area (Å²) in [6.45, 7) is 9.25. The average Bonchev–Trinajstić information content (AvgIpc) is 3.18. The average molecular weight is 380 g/mol. The van der Waals surface area contributed by atoms with Gasteiger partial charge < -0.3 is 10.6 Å². The molecule has 2 N–H and O–H groups in total. The van der Waals surface area contributed by atoms with Crippen molar-refractivity contribution in [1.82, 2.24) is 19.6 Å². The van der Waals surface area contributed by atoms with E-state index in [1.807, 2.05) is 62.7 Å². The van der Waals surface area contributed by atoms with Crippen LogP contribution in [0.25, 0.3) is 5.69 Å². The van der Waals surface area contributed by atoms with Gasteiger partial charge in [0.2, 0.25) is 5.91 Å². The highest BCUT2D eigenvalue weighted by atomic mass is 16.2. The Morgan fingerprint density at radius 2 is 1.71 bits per heavy atom. The first-order chi connectivity index (χ1) is 13.3. The van der Waals surface area contributed by atoms with Crippen LogP contribution in [-0.2, 0) is 4.79 Å². The summed E-state index contributed by atoms with van der Waals surface area (Å²) in [6, 6.07) is 11.1. The molecule has 0 unspecified atom stereocenters. The molecule has 0 bridgehead atoms. The smallest absolute Gasteiger partial charge is 0.276 e. The van der Waals surface area contributed by atoms with Crippen LogP contribution in [0.5, 0.6) is 0 Å². The monoisotopic (exact) mass is 380 g/mol. The molecule has 0 saturated heterocycles. The highest BCUT2D eigenvalue weighted by Crippen LogP contribution is 2.24. The van der Waals surface area contributed by atoms with Gasteiger partial charge in [-0.15, -0.1) is 0 Å². The zero-order valence-corrected chi connectivity index (χ0v) is 16.6. The van der Waals surface area contributed by atoms with E-state index >= 15 is 0 Å². The Bertz CT molecular complexity index is 1020. The van der Waals surface area contributed by atoms with Crippen LogP contribution in [0.4, 0.5) is 11.5 Å². The van der Waals surface area contributed by atoms with E-state index < -0.39 is 0 Å². The lowest BCUT2D eigenvalue weighted by Gasteiger charge is -2.09. The van der Waals surface area contributed by atoms with Gasteiger partial charge in [0.1, 0.15) is 5.82 Å². The predicted molar refractivity (Wildman–Crippen MR) is 108 cm³/mol. The minimum atomic E-state index is -0.365. The van der Waals surface area contributed by atoms with Crippen LogP contribution < -0.4 is 10.6 Å². The van der Waals surface area contributed by atoms with Crippen molar-refractivity contribution in [2.45, 2.75) is 40.7 Å². The van der Waals surface area contributed by atoms with Crippen molar-refractivity contribution in [3.63, 3.8) is 0 Å². The van der Waals surface area contributed by atoms with Crippen molar-refractivity contribution >= 4 is 23.3 Å². The third-order valence-electron chi connectivity index (χ3n) is 4.30. The molecule has 3 rings (SSSR count). The molecule has 3 aromatic rings. The maximum atomic E-state index is 12.8. The largest absolute Gasteiger partial charge is 0.317 e. The summed E-state index contributed by atoms with van der Waals surface area (Å²) >= 11 is 0. The number of aryl methyl sites for hydroxylation is 1. The lowest BCUT2D eigenvalue weighted by Crippen LogP contribution is -2.14. The normalized spacial score (nSPS) is 10.9. The van der Waals surface area contributed by atoms with E-state index in [-0.39, 0.29) is 23.6 Å². The second-order valence-corrected chi connectivity index (χ2v) is 6.88. The van der Waals surface area contributed by atoms with Crippen LogP contribution in [0.3, 0.4) is 0 Å².